The predicted molar refractivity (Wildman–Crippen MR) is 103 cm³/mol. The molecule has 6 nitrogen and oxygen atoms in total. The van der Waals surface area contributed by atoms with Crippen molar-refractivity contribution in [2.24, 2.45) is 0 Å². The summed E-state index contributed by atoms with van der Waals surface area (Å²) in [6.07, 6.45) is 7.07. The number of hydrogen-bond donors (Lipinski definition) is 0. The van der Waals surface area contributed by atoms with Crippen molar-refractivity contribution in [3.8, 4) is 11.5 Å². The van der Waals surface area contributed by atoms with Crippen LogP contribution in [0.4, 0.5) is 0 Å². The Morgan fingerprint density at radius 2 is 1.56 bits per heavy atom. The Labute approximate surface area is 160 Å². The summed E-state index contributed by atoms with van der Waals surface area (Å²) >= 11 is 0. The molecular weight excluding hydrogens is 344 g/mol. The van der Waals surface area contributed by atoms with E-state index in [2.05, 4.69) is 0 Å². The van der Waals surface area contributed by atoms with Gasteiger partial charge in [-0.1, -0.05) is 5.57 Å². The zero-order valence-electron chi connectivity index (χ0n) is 16.2. The number of nitrogens with zero attached hydrogens (tertiary/aromatic N) is 2. The zero-order valence-corrected chi connectivity index (χ0v) is 16.2. The summed E-state index contributed by atoms with van der Waals surface area (Å²) in [5.74, 6) is 1.19. The van der Waals surface area contributed by atoms with Crippen LogP contribution in [0, 0.1) is 0 Å². The first-order chi connectivity index (χ1) is 13.1. The summed E-state index contributed by atoms with van der Waals surface area (Å²) < 4.78 is 10.5. The SMILES string of the molecule is COc1ccc(C(=O)N2CCCN(C(=O)C=C3CCCC3)CC2)cc1OC. The summed E-state index contributed by atoms with van der Waals surface area (Å²) in [7, 11) is 3.13. The minimum atomic E-state index is -0.0422. The summed E-state index contributed by atoms with van der Waals surface area (Å²) in [6.45, 7) is 2.45. The molecule has 1 aliphatic heterocycles. The Kier molecular flexibility index (Phi) is 6.37. The summed E-state index contributed by atoms with van der Waals surface area (Å²) in [4.78, 5) is 29.1. The number of carbonyl (C=O) groups excluding carboxylic acids is 2. The van der Waals surface area contributed by atoms with Gasteiger partial charge in [-0.3, -0.25) is 9.59 Å². The van der Waals surface area contributed by atoms with E-state index >= 15 is 0 Å². The highest BCUT2D eigenvalue weighted by Crippen LogP contribution is 2.28. The van der Waals surface area contributed by atoms with Crippen molar-refractivity contribution < 1.29 is 19.1 Å². The van der Waals surface area contributed by atoms with Gasteiger partial charge < -0.3 is 19.3 Å². The molecular formula is C21H28N2O4. The van der Waals surface area contributed by atoms with Crippen LogP contribution in [-0.4, -0.2) is 62.0 Å². The first kappa shape index (κ1) is 19.3. The van der Waals surface area contributed by atoms with Crippen molar-refractivity contribution in [3.05, 3.63) is 35.4 Å². The quantitative estimate of drug-likeness (QED) is 0.763. The number of methoxy groups -OCH3 is 2. The van der Waals surface area contributed by atoms with E-state index in [0.29, 0.717) is 43.2 Å². The van der Waals surface area contributed by atoms with Crippen molar-refractivity contribution >= 4 is 11.8 Å². The zero-order chi connectivity index (χ0) is 19.2. The van der Waals surface area contributed by atoms with Gasteiger partial charge in [0.1, 0.15) is 0 Å². The molecule has 146 valence electrons. The topological polar surface area (TPSA) is 59.1 Å². The number of carbonyl (C=O) groups is 2. The van der Waals surface area contributed by atoms with Gasteiger partial charge in [0.2, 0.25) is 5.91 Å². The van der Waals surface area contributed by atoms with E-state index in [0.717, 1.165) is 19.3 Å². The molecule has 6 heteroatoms. The van der Waals surface area contributed by atoms with Gasteiger partial charge in [0.05, 0.1) is 14.2 Å². The Morgan fingerprint density at radius 1 is 0.889 bits per heavy atom. The monoisotopic (exact) mass is 372 g/mol. The first-order valence-corrected chi connectivity index (χ1v) is 9.62. The van der Waals surface area contributed by atoms with Crippen molar-refractivity contribution in [2.75, 3.05) is 40.4 Å². The van der Waals surface area contributed by atoms with Crippen molar-refractivity contribution in [1.29, 1.82) is 0 Å². The molecule has 1 saturated heterocycles. The maximum absolute atomic E-state index is 12.9. The lowest BCUT2D eigenvalue weighted by molar-refractivity contribution is -0.125. The van der Waals surface area contributed by atoms with Crippen molar-refractivity contribution in [3.63, 3.8) is 0 Å². The lowest BCUT2D eigenvalue weighted by Crippen LogP contribution is -2.36. The number of amides is 2. The van der Waals surface area contributed by atoms with E-state index < -0.39 is 0 Å². The summed E-state index contributed by atoms with van der Waals surface area (Å²) in [5.41, 5.74) is 1.84. The number of allylic oxidation sites excluding steroid dienone is 1. The normalized spacial score (nSPS) is 17.5. The fraction of sp³-hybridized carbons (Fsp3) is 0.524. The van der Waals surface area contributed by atoms with Crippen LogP contribution in [0.5, 0.6) is 11.5 Å². The largest absolute Gasteiger partial charge is 0.493 e. The highest BCUT2D eigenvalue weighted by molar-refractivity contribution is 5.95. The van der Waals surface area contributed by atoms with Crippen LogP contribution in [0.1, 0.15) is 42.5 Å². The molecule has 0 aromatic heterocycles. The molecule has 1 aromatic carbocycles. The molecule has 3 rings (SSSR count). The van der Waals surface area contributed by atoms with Gasteiger partial charge in [-0.25, -0.2) is 0 Å². The van der Waals surface area contributed by atoms with Crippen LogP contribution in [-0.2, 0) is 4.79 Å². The molecule has 0 spiro atoms. The van der Waals surface area contributed by atoms with E-state index in [1.54, 1.807) is 32.4 Å². The Balaban J connectivity index is 1.64. The predicted octanol–water partition coefficient (Wildman–Crippen LogP) is 2.88. The van der Waals surface area contributed by atoms with Crippen LogP contribution in [0.25, 0.3) is 0 Å². The number of hydrogen-bond acceptors (Lipinski definition) is 4. The highest BCUT2D eigenvalue weighted by atomic mass is 16.5. The first-order valence-electron chi connectivity index (χ1n) is 9.62. The van der Waals surface area contributed by atoms with Gasteiger partial charge in [-0.05, 0) is 50.3 Å². The molecule has 0 bridgehead atoms. The lowest BCUT2D eigenvalue weighted by atomic mass is 10.1. The van der Waals surface area contributed by atoms with Gasteiger partial charge in [-0.2, -0.15) is 0 Å². The molecule has 1 heterocycles. The van der Waals surface area contributed by atoms with Crippen LogP contribution < -0.4 is 9.47 Å². The van der Waals surface area contributed by atoms with Crippen LogP contribution in [0.2, 0.25) is 0 Å². The van der Waals surface area contributed by atoms with Gasteiger partial charge >= 0.3 is 0 Å². The Hall–Kier alpha value is -2.50. The molecule has 0 atom stereocenters. The third-order valence-electron chi connectivity index (χ3n) is 5.30. The van der Waals surface area contributed by atoms with E-state index in [4.69, 9.17) is 9.47 Å². The van der Waals surface area contributed by atoms with Crippen LogP contribution in [0.3, 0.4) is 0 Å². The molecule has 1 aliphatic carbocycles. The molecule has 0 radical (unpaired) electrons. The average Bonchev–Trinajstić information content (AvgIpc) is 3.07. The van der Waals surface area contributed by atoms with E-state index in [9.17, 15) is 9.59 Å². The maximum Gasteiger partial charge on any atom is 0.254 e. The minimum Gasteiger partial charge on any atom is -0.493 e. The fourth-order valence-corrected chi connectivity index (χ4v) is 3.73. The lowest BCUT2D eigenvalue weighted by Gasteiger charge is -2.22. The second kappa shape index (κ2) is 8.93. The van der Waals surface area contributed by atoms with E-state index in [1.165, 1.54) is 18.4 Å². The van der Waals surface area contributed by atoms with Crippen molar-refractivity contribution in [2.45, 2.75) is 32.1 Å². The molecule has 2 amide bonds. The second-order valence-corrected chi connectivity index (χ2v) is 7.05. The smallest absolute Gasteiger partial charge is 0.254 e. The molecule has 2 aliphatic rings. The summed E-state index contributed by atoms with van der Waals surface area (Å²) in [5, 5.41) is 0. The standard InChI is InChI=1S/C21H28N2O4/c1-26-18-9-8-17(15-19(18)27-2)21(25)23-11-5-10-22(12-13-23)20(24)14-16-6-3-4-7-16/h8-9,14-15H,3-7,10-13H2,1-2H3. The molecule has 1 saturated carbocycles. The molecule has 1 aromatic rings. The Morgan fingerprint density at radius 3 is 2.26 bits per heavy atom. The van der Waals surface area contributed by atoms with Gasteiger partial charge in [0.15, 0.2) is 11.5 Å². The number of rotatable bonds is 4. The van der Waals surface area contributed by atoms with Crippen LogP contribution >= 0.6 is 0 Å². The van der Waals surface area contributed by atoms with E-state index in [-0.39, 0.29) is 11.8 Å². The molecule has 2 fully saturated rings. The molecule has 0 unspecified atom stereocenters. The highest BCUT2D eigenvalue weighted by Gasteiger charge is 2.23. The average molecular weight is 372 g/mol. The van der Waals surface area contributed by atoms with Gasteiger partial charge in [-0.15, -0.1) is 0 Å². The fourth-order valence-electron chi connectivity index (χ4n) is 3.73. The Bertz CT molecular complexity index is 721. The third kappa shape index (κ3) is 4.62. The minimum absolute atomic E-state index is 0.0422. The third-order valence-corrected chi connectivity index (χ3v) is 5.30. The van der Waals surface area contributed by atoms with E-state index in [1.807, 2.05) is 15.9 Å². The molecule has 27 heavy (non-hydrogen) atoms. The number of benzene rings is 1. The van der Waals surface area contributed by atoms with Crippen molar-refractivity contribution in [1.82, 2.24) is 9.80 Å². The maximum atomic E-state index is 12.9. The van der Waals surface area contributed by atoms with Gasteiger partial charge in [0, 0.05) is 37.8 Å². The second-order valence-electron chi connectivity index (χ2n) is 7.05. The van der Waals surface area contributed by atoms with Gasteiger partial charge in [0.25, 0.3) is 5.91 Å². The molecule has 0 N–H and O–H groups in total. The summed E-state index contributed by atoms with van der Waals surface area (Å²) in [6, 6.07) is 5.20. The number of ether oxygens (including phenoxy) is 2. The van der Waals surface area contributed by atoms with Crippen LogP contribution in [0.15, 0.2) is 29.8 Å².